The zero-order chi connectivity index (χ0) is 15.7. The maximum absolute atomic E-state index is 12.7. The van der Waals surface area contributed by atoms with Crippen molar-refractivity contribution in [1.82, 2.24) is 5.32 Å². The Kier molecular flexibility index (Phi) is 4.43. The van der Waals surface area contributed by atoms with Gasteiger partial charge in [-0.15, -0.1) is 0 Å². The van der Waals surface area contributed by atoms with Crippen molar-refractivity contribution in [3.8, 4) is 5.75 Å². The monoisotopic (exact) mass is 310 g/mol. The Hall–Kier alpha value is -1.63. The molecule has 0 bridgehead atoms. The normalized spacial score (nSPS) is 12.2. The van der Waals surface area contributed by atoms with E-state index < -0.39 is 34.1 Å². The Labute approximate surface area is 119 Å². The average molecular weight is 311 g/mol. The lowest BCUT2D eigenvalue weighted by atomic mass is 10.1. The second kappa shape index (κ2) is 5.40. The lowest BCUT2D eigenvalue weighted by molar-refractivity contribution is -0.137. The Morgan fingerprint density at radius 2 is 1.85 bits per heavy atom. The molecule has 3 N–H and O–H groups in total. The van der Waals surface area contributed by atoms with Crippen LogP contribution in [0.4, 0.5) is 23.7 Å². The number of hydrogen-bond donors (Lipinski definition) is 2. The van der Waals surface area contributed by atoms with Crippen LogP contribution in [-0.2, 0) is 6.18 Å². The van der Waals surface area contributed by atoms with E-state index in [0.717, 1.165) is 6.07 Å². The summed E-state index contributed by atoms with van der Waals surface area (Å²) in [6.07, 6.45) is -5.57. The number of carbonyl (C=O) groups excluding carboxylic acids is 1. The van der Waals surface area contributed by atoms with E-state index in [-0.39, 0.29) is 5.69 Å². The number of halogens is 4. The molecule has 1 aromatic carbocycles. The molecule has 0 fully saturated rings. The Balaban J connectivity index is 3.05. The van der Waals surface area contributed by atoms with Crippen LogP contribution in [-0.4, -0.2) is 11.6 Å². The third-order valence-electron chi connectivity index (χ3n) is 2.08. The molecule has 0 spiro atoms. The molecule has 0 aliphatic carbocycles. The number of ether oxygens (including phenoxy) is 1. The summed E-state index contributed by atoms with van der Waals surface area (Å²) in [5, 5.41) is 1.88. The van der Waals surface area contributed by atoms with Gasteiger partial charge in [0.2, 0.25) is 0 Å². The maximum Gasteiger partial charge on any atom is 0.417 e. The van der Waals surface area contributed by atoms with Gasteiger partial charge in [-0.25, -0.2) is 4.79 Å². The van der Waals surface area contributed by atoms with Gasteiger partial charge in [0.05, 0.1) is 16.3 Å². The predicted molar refractivity (Wildman–Crippen MR) is 69.8 cm³/mol. The third-order valence-corrected chi connectivity index (χ3v) is 2.40. The minimum atomic E-state index is -4.66. The number of nitrogens with one attached hydrogen (secondary N) is 1. The van der Waals surface area contributed by atoms with Crippen LogP contribution >= 0.6 is 11.6 Å². The molecule has 0 aliphatic rings. The number of amides is 1. The fourth-order valence-corrected chi connectivity index (χ4v) is 1.59. The summed E-state index contributed by atoms with van der Waals surface area (Å²) >= 11 is 5.47. The van der Waals surface area contributed by atoms with Gasteiger partial charge in [-0.1, -0.05) is 11.6 Å². The summed E-state index contributed by atoms with van der Waals surface area (Å²) in [7, 11) is 0. The van der Waals surface area contributed by atoms with Crippen LogP contribution in [0.15, 0.2) is 12.1 Å². The summed E-state index contributed by atoms with van der Waals surface area (Å²) in [5.74, 6) is -0.400. The highest BCUT2D eigenvalue weighted by Crippen LogP contribution is 2.39. The molecule has 0 unspecified atom stereocenters. The largest absolute Gasteiger partial charge is 0.417 e. The van der Waals surface area contributed by atoms with E-state index in [1.807, 2.05) is 0 Å². The molecular formula is C12H14ClF3N2O2. The van der Waals surface area contributed by atoms with Gasteiger partial charge in [0, 0.05) is 5.54 Å². The van der Waals surface area contributed by atoms with E-state index in [1.165, 1.54) is 0 Å². The molecule has 1 rings (SSSR count). The first-order chi connectivity index (χ1) is 8.90. The molecule has 20 heavy (non-hydrogen) atoms. The summed E-state index contributed by atoms with van der Waals surface area (Å²) in [4.78, 5) is 11.5. The SMILES string of the molecule is CC(C)(C)NC(=O)Oc1cc(C(F)(F)F)c(Cl)cc1N. The van der Waals surface area contributed by atoms with E-state index in [1.54, 1.807) is 20.8 Å². The Bertz CT molecular complexity index is 525. The summed E-state index contributed by atoms with van der Waals surface area (Å²) < 4.78 is 42.8. The zero-order valence-electron chi connectivity index (χ0n) is 11.1. The molecule has 8 heteroatoms. The molecule has 0 saturated heterocycles. The number of anilines is 1. The van der Waals surface area contributed by atoms with Crippen molar-refractivity contribution < 1.29 is 22.7 Å². The lowest BCUT2D eigenvalue weighted by Crippen LogP contribution is -2.42. The zero-order valence-corrected chi connectivity index (χ0v) is 11.8. The topological polar surface area (TPSA) is 64.3 Å². The van der Waals surface area contributed by atoms with E-state index >= 15 is 0 Å². The summed E-state index contributed by atoms with van der Waals surface area (Å²) in [6.45, 7) is 5.09. The van der Waals surface area contributed by atoms with Gasteiger partial charge in [-0.05, 0) is 32.9 Å². The van der Waals surface area contributed by atoms with Gasteiger partial charge in [0.15, 0.2) is 5.75 Å². The van der Waals surface area contributed by atoms with Gasteiger partial charge < -0.3 is 15.8 Å². The number of carbonyl (C=O) groups is 1. The van der Waals surface area contributed by atoms with Crippen LogP contribution in [0.5, 0.6) is 5.75 Å². The molecule has 0 saturated carbocycles. The van der Waals surface area contributed by atoms with Crippen molar-refractivity contribution in [2.45, 2.75) is 32.5 Å². The Morgan fingerprint density at radius 1 is 1.30 bits per heavy atom. The molecule has 0 aliphatic heterocycles. The summed E-state index contributed by atoms with van der Waals surface area (Å²) in [6, 6.07) is 1.49. The first kappa shape index (κ1) is 16.4. The van der Waals surface area contributed by atoms with E-state index in [9.17, 15) is 18.0 Å². The fourth-order valence-electron chi connectivity index (χ4n) is 1.31. The molecule has 0 aromatic heterocycles. The quantitative estimate of drug-likeness (QED) is 0.775. The maximum atomic E-state index is 12.7. The molecule has 0 radical (unpaired) electrons. The van der Waals surface area contributed by atoms with Crippen LogP contribution in [0, 0.1) is 0 Å². The number of nitrogen functional groups attached to an aromatic ring is 1. The van der Waals surface area contributed by atoms with Crippen LogP contribution in [0.25, 0.3) is 0 Å². The second-order valence-corrected chi connectivity index (χ2v) is 5.54. The molecular weight excluding hydrogens is 297 g/mol. The predicted octanol–water partition coefficient (Wildman–Crippen LogP) is 3.83. The van der Waals surface area contributed by atoms with Crippen molar-refractivity contribution in [2.24, 2.45) is 0 Å². The summed E-state index contributed by atoms with van der Waals surface area (Å²) in [5.41, 5.74) is 3.62. The van der Waals surface area contributed by atoms with Crippen molar-refractivity contribution in [3.63, 3.8) is 0 Å². The standard InChI is InChI=1S/C12H14ClF3N2O2/c1-11(2,3)18-10(19)20-9-4-6(12(14,15)16)7(13)5-8(9)17/h4-5H,17H2,1-3H3,(H,18,19). The van der Waals surface area contributed by atoms with E-state index in [0.29, 0.717) is 6.07 Å². The van der Waals surface area contributed by atoms with Gasteiger partial charge in [-0.3, -0.25) is 0 Å². The van der Waals surface area contributed by atoms with Gasteiger partial charge in [-0.2, -0.15) is 13.2 Å². The number of alkyl halides is 3. The first-order valence-corrected chi connectivity index (χ1v) is 5.94. The van der Waals surface area contributed by atoms with E-state index in [4.69, 9.17) is 22.1 Å². The average Bonchev–Trinajstić information content (AvgIpc) is 2.17. The van der Waals surface area contributed by atoms with Crippen LogP contribution < -0.4 is 15.8 Å². The molecule has 1 aromatic rings. The Morgan fingerprint density at radius 3 is 2.30 bits per heavy atom. The highest BCUT2D eigenvalue weighted by atomic mass is 35.5. The van der Waals surface area contributed by atoms with Crippen molar-refractivity contribution >= 4 is 23.4 Å². The van der Waals surface area contributed by atoms with Crippen molar-refractivity contribution in [2.75, 3.05) is 5.73 Å². The van der Waals surface area contributed by atoms with Gasteiger partial charge in [0.25, 0.3) is 0 Å². The minimum absolute atomic E-state index is 0.160. The minimum Gasteiger partial charge on any atom is -0.408 e. The number of rotatable bonds is 1. The van der Waals surface area contributed by atoms with Crippen molar-refractivity contribution in [3.05, 3.63) is 22.7 Å². The molecule has 0 atom stereocenters. The first-order valence-electron chi connectivity index (χ1n) is 5.56. The number of benzene rings is 1. The molecule has 1 amide bonds. The molecule has 0 heterocycles. The van der Waals surface area contributed by atoms with E-state index in [2.05, 4.69) is 5.32 Å². The number of hydrogen-bond acceptors (Lipinski definition) is 3. The fraction of sp³-hybridized carbons (Fsp3) is 0.417. The van der Waals surface area contributed by atoms with Gasteiger partial charge >= 0.3 is 12.3 Å². The highest BCUT2D eigenvalue weighted by Gasteiger charge is 2.34. The van der Waals surface area contributed by atoms with Crippen LogP contribution in [0.2, 0.25) is 5.02 Å². The smallest absolute Gasteiger partial charge is 0.408 e. The van der Waals surface area contributed by atoms with Crippen molar-refractivity contribution in [1.29, 1.82) is 0 Å². The van der Waals surface area contributed by atoms with Crippen LogP contribution in [0.1, 0.15) is 26.3 Å². The third kappa shape index (κ3) is 4.48. The highest BCUT2D eigenvalue weighted by molar-refractivity contribution is 6.31. The second-order valence-electron chi connectivity index (χ2n) is 5.13. The lowest BCUT2D eigenvalue weighted by Gasteiger charge is -2.20. The number of nitrogens with two attached hydrogens (primary N) is 1. The van der Waals surface area contributed by atoms with Crippen LogP contribution in [0.3, 0.4) is 0 Å². The van der Waals surface area contributed by atoms with Gasteiger partial charge in [0.1, 0.15) is 0 Å². The molecule has 4 nitrogen and oxygen atoms in total. The molecule has 112 valence electrons.